The number of thioether (sulfide) groups is 1. The molecule has 1 fully saturated rings. The largest absolute Gasteiger partial charge is 0.480 e. The maximum absolute atomic E-state index is 12.5. The third-order valence-electron chi connectivity index (χ3n) is 3.80. The zero-order valence-corrected chi connectivity index (χ0v) is 15.1. The lowest BCUT2D eigenvalue weighted by atomic mass is 10.1. The molecule has 1 N–H and O–H groups in total. The van der Waals surface area contributed by atoms with Gasteiger partial charge in [0.2, 0.25) is 0 Å². The van der Waals surface area contributed by atoms with Crippen molar-refractivity contribution < 1.29 is 19.4 Å². The number of amides is 1. The minimum atomic E-state index is -0.918. The number of methoxy groups -OCH3 is 1. The van der Waals surface area contributed by atoms with Crippen LogP contribution in [0.25, 0.3) is 17.0 Å². The van der Waals surface area contributed by atoms with Crippen LogP contribution in [0.4, 0.5) is 0 Å². The number of carboxylic acid groups (broad SMARTS) is 1. The van der Waals surface area contributed by atoms with Crippen LogP contribution < -0.4 is 0 Å². The summed E-state index contributed by atoms with van der Waals surface area (Å²) in [6.45, 7) is 0.695. The van der Waals surface area contributed by atoms with Gasteiger partial charge >= 0.3 is 5.97 Å². The van der Waals surface area contributed by atoms with Gasteiger partial charge in [-0.1, -0.05) is 42.2 Å². The van der Waals surface area contributed by atoms with E-state index < -0.39 is 5.97 Å². The van der Waals surface area contributed by atoms with Crippen LogP contribution in [0.3, 0.4) is 0 Å². The summed E-state index contributed by atoms with van der Waals surface area (Å²) in [4.78, 5) is 25.7. The molecule has 0 atom stereocenters. The number of carboxylic acids is 1. The molecular weight excluding hydrogens is 360 g/mol. The summed E-state index contributed by atoms with van der Waals surface area (Å²) in [5, 5.41) is 9.98. The smallest absolute Gasteiger partial charge is 0.323 e. The van der Waals surface area contributed by atoms with E-state index >= 15 is 0 Å². The summed E-state index contributed by atoms with van der Waals surface area (Å²) in [6, 6.07) is 7.51. The number of fused-ring (bicyclic) bond motifs is 1. The number of para-hydroxylation sites is 1. The molecule has 3 rings (SSSR count). The van der Waals surface area contributed by atoms with Crippen molar-refractivity contribution in [3.05, 3.63) is 40.9 Å². The van der Waals surface area contributed by atoms with Crippen LogP contribution >= 0.6 is 24.0 Å². The van der Waals surface area contributed by atoms with Gasteiger partial charge in [-0.2, -0.15) is 0 Å². The van der Waals surface area contributed by atoms with Crippen molar-refractivity contribution in [3.8, 4) is 0 Å². The molecule has 2 aromatic rings. The summed E-state index contributed by atoms with van der Waals surface area (Å²) in [6.07, 6.45) is 3.52. The molecule has 1 amide bonds. The molecular formula is C17H16N2O4S2. The van der Waals surface area contributed by atoms with E-state index in [-0.39, 0.29) is 12.5 Å². The van der Waals surface area contributed by atoms with Gasteiger partial charge in [-0.3, -0.25) is 14.5 Å². The molecule has 1 aromatic carbocycles. The molecule has 0 spiro atoms. The Labute approximate surface area is 154 Å². The molecule has 1 aromatic heterocycles. The van der Waals surface area contributed by atoms with Gasteiger partial charge < -0.3 is 14.4 Å². The Morgan fingerprint density at radius 2 is 2.16 bits per heavy atom. The van der Waals surface area contributed by atoms with Gasteiger partial charge in [-0.25, -0.2) is 0 Å². The minimum absolute atomic E-state index is 0.136. The number of aromatic nitrogens is 1. The molecule has 0 radical (unpaired) electrons. The molecule has 8 heteroatoms. The third-order valence-corrected chi connectivity index (χ3v) is 5.18. The van der Waals surface area contributed by atoms with Crippen molar-refractivity contribution in [2.45, 2.75) is 6.54 Å². The van der Waals surface area contributed by atoms with Crippen LogP contribution in [0.15, 0.2) is 35.4 Å². The van der Waals surface area contributed by atoms with Gasteiger partial charge in [-0.15, -0.1) is 0 Å². The molecule has 1 saturated heterocycles. The van der Waals surface area contributed by atoms with Crippen LogP contribution in [0, 0.1) is 0 Å². The van der Waals surface area contributed by atoms with Crippen molar-refractivity contribution in [2.75, 3.05) is 20.3 Å². The van der Waals surface area contributed by atoms with Crippen LogP contribution in [-0.2, 0) is 20.9 Å². The Morgan fingerprint density at radius 3 is 2.88 bits per heavy atom. The second-order valence-corrected chi connectivity index (χ2v) is 7.13. The zero-order valence-electron chi connectivity index (χ0n) is 13.5. The first kappa shape index (κ1) is 17.7. The number of rotatable bonds is 6. The maximum Gasteiger partial charge on any atom is 0.323 e. The molecule has 0 unspecified atom stereocenters. The molecule has 0 bridgehead atoms. The van der Waals surface area contributed by atoms with Crippen molar-refractivity contribution >= 4 is 57.2 Å². The number of ether oxygens (including phenoxy) is 1. The maximum atomic E-state index is 12.5. The van der Waals surface area contributed by atoms with Gasteiger partial charge in [0.1, 0.15) is 10.9 Å². The highest BCUT2D eigenvalue weighted by atomic mass is 32.2. The first-order valence-corrected chi connectivity index (χ1v) is 8.77. The number of thiocarbonyl (C=S) groups is 1. The number of aliphatic carboxylic acids is 1. The lowest BCUT2D eigenvalue weighted by molar-refractivity contribution is -0.137. The van der Waals surface area contributed by atoms with Crippen LogP contribution in [0.5, 0.6) is 0 Å². The van der Waals surface area contributed by atoms with Crippen LogP contribution in [0.1, 0.15) is 5.56 Å². The predicted molar refractivity (Wildman–Crippen MR) is 101 cm³/mol. The Hall–Kier alpha value is -2.16. The van der Waals surface area contributed by atoms with Gasteiger partial charge in [0.05, 0.1) is 18.1 Å². The van der Waals surface area contributed by atoms with E-state index in [9.17, 15) is 9.59 Å². The minimum Gasteiger partial charge on any atom is -0.480 e. The molecule has 130 valence electrons. The van der Waals surface area contributed by atoms with Crippen molar-refractivity contribution in [1.29, 1.82) is 0 Å². The Balaban J connectivity index is 1.97. The van der Waals surface area contributed by atoms with Gasteiger partial charge in [0, 0.05) is 29.8 Å². The topological polar surface area (TPSA) is 71.8 Å². The molecule has 25 heavy (non-hydrogen) atoms. The Bertz CT molecular complexity index is 888. The fraction of sp³-hybridized carbons (Fsp3) is 0.235. The predicted octanol–water partition coefficient (Wildman–Crippen LogP) is 2.57. The average molecular weight is 376 g/mol. The molecule has 1 aliphatic heterocycles. The summed E-state index contributed by atoms with van der Waals surface area (Å²) in [5.41, 5.74) is 1.61. The van der Waals surface area contributed by atoms with E-state index in [0.717, 1.165) is 16.5 Å². The van der Waals surface area contributed by atoms with Gasteiger partial charge in [-0.05, 0) is 12.1 Å². The van der Waals surface area contributed by atoms with E-state index in [2.05, 4.69) is 0 Å². The fourth-order valence-corrected chi connectivity index (χ4v) is 3.98. The number of nitrogens with zero attached hydrogens (tertiary/aromatic N) is 2. The number of benzene rings is 1. The van der Waals surface area contributed by atoms with Crippen LogP contribution in [-0.4, -0.2) is 51.0 Å². The molecule has 0 aliphatic carbocycles. The number of hydrogen-bond acceptors (Lipinski definition) is 5. The quantitative estimate of drug-likeness (QED) is 0.617. The van der Waals surface area contributed by atoms with Crippen molar-refractivity contribution in [1.82, 2.24) is 9.47 Å². The molecule has 2 heterocycles. The summed E-state index contributed by atoms with van der Waals surface area (Å²) in [5.74, 6) is -1.07. The number of hydrogen-bond donors (Lipinski definition) is 1. The van der Waals surface area contributed by atoms with E-state index in [1.807, 2.05) is 24.3 Å². The van der Waals surface area contributed by atoms with E-state index in [4.69, 9.17) is 22.1 Å². The monoisotopic (exact) mass is 376 g/mol. The molecule has 1 aliphatic rings. The highest BCUT2D eigenvalue weighted by Crippen LogP contribution is 2.34. The lowest BCUT2D eigenvalue weighted by Gasteiger charge is -2.12. The van der Waals surface area contributed by atoms with E-state index in [0.29, 0.717) is 22.4 Å². The fourth-order valence-electron chi connectivity index (χ4n) is 2.68. The summed E-state index contributed by atoms with van der Waals surface area (Å²) in [7, 11) is 1.57. The number of carbonyl (C=O) groups excluding carboxylic acids is 1. The van der Waals surface area contributed by atoms with Gasteiger partial charge in [0.15, 0.2) is 0 Å². The summed E-state index contributed by atoms with van der Waals surface area (Å²) < 4.78 is 7.17. The zero-order chi connectivity index (χ0) is 18.0. The van der Waals surface area contributed by atoms with Gasteiger partial charge in [0.25, 0.3) is 5.91 Å². The Morgan fingerprint density at radius 1 is 1.40 bits per heavy atom. The van der Waals surface area contributed by atoms with Crippen molar-refractivity contribution in [2.24, 2.45) is 0 Å². The normalized spacial score (nSPS) is 16.4. The Kier molecular flexibility index (Phi) is 5.22. The third kappa shape index (κ3) is 3.60. The SMILES string of the molecule is COCCN1C(=O)/C(=C/c2cn(CC(=O)O)c3ccccc23)SC1=S. The lowest BCUT2D eigenvalue weighted by Crippen LogP contribution is -2.31. The summed E-state index contributed by atoms with van der Waals surface area (Å²) >= 11 is 6.52. The standard InChI is InChI=1S/C17H16N2O4S2/c1-23-7-6-19-16(22)14(25-17(19)24)8-11-9-18(10-15(20)21)13-5-3-2-4-12(11)13/h2-5,8-9H,6-7,10H2,1H3,(H,20,21)/b14-8-. The highest BCUT2D eigenvalue weighted by molar-refractivity contribution is 8.26. The molecule has 6 nitrogen and oxygen atoms in total. The number of carbonyl (C=O) groups is 2. The van der Waals surface area contributed by atoms with E-state index in [1.165, 1.54) is 16.7 Å². The second kappa shape index (κ2) is 7.38. The van der Waals surface area contributed by atoms with Crippen molar-refractivity contribution in [3.63, 3.8) is 0 Å². The van der Waals surface area contributed by atoms with Crippen LogP contribution in [0.2, 0.25) is 0 Å². The second-order valence-electron chi connectivity index (χ2n) is 5.45. The first-order valence-electron chi connectivity index (χ1n) is 7.55. The highest BCUT2D eigenvalue weighted by Gasteiger charge is 2.31. The first-order chi connectivity index (χ1) is 12.0. The molecule has 0 saturated carbocycles. The average Bonchev–Trinajstić information content (AvgIpc) is 3.04. The van der Waals surface area contributed by atoms with E-state index in [1.54, 1.807) is 23.9 Å².